The predicted octanol–water partition coefficient (Wildman–Crippen LogP) is -0.0907. The summed E-state index contributed by atoms with van der Waals surface area (Å²) in [6.45, 7) is 0.131. The van der Waals surface area contributed by atoms with Crippen LogP contribution in [0, 0.1) is 5.92 Å². The van der Waals surface area contributed by atoms with Crippen LogP contribution in [-0.2, 0) is 9.59 Å². The zero-order chi connectivity index (χ0) is 11.4. The van der Waals surface area contributed by atoms with Crippen molar-refractivity contribution < 1.29 is 19.8 Å². The zero-order valence-corrected chi connectivity index (χ0v) is 8.98. The summed E-state index contributed by atoms with van der Waals surface area (Å²) in [7, 11) is 0. The molecule has 1 aliphatic heterocycles. The fraction of sp³-hybridized carbons (Fsp3) is 0.778. The summed E-state index contributed by atoms with van der Waals surface area (Å²) in [6.07, 6.45) is 0.370. The van der Waals surface area contributed by atoms with E-state index in [0.29, 0.717) is 18.8 Å². The second kappa shape index (κ2) is 5.32. The number of likely N-dealkylation sites (tertiary alicyclic amines) is 1. The summed E-state index contributed by atoms with van der Waals surface area (Å²) >= 11 is 5.62. The van der Waals surface area contributed by atoms with E-state index in [-0.39, 0.29) is 24.9 Å². The molecule has 1 rings (SSSR count). The van der Waals surface area contributed by atoms with Crippen LogP contribution in [0.25, 0.3) is 0 Å². The molecule has 1 saturated heterocycles. The molecule has 0 spiro atoms. The average molecular weight is 236 g/mol. The van der Waals surface area contributed by atoms with E-state index in [1.807, 2.05) is 0 Å². The lowest BCUT2D eigenvalue weighted by atomic mass is 10.1. The lowest BCUT2D eigenvalue weighted by Gasteiger charge is -2.23. The first-order valence-electron chi connectivity index (χ1n) is 4.79. The highest BCUT2D eigenvalue weighted by Crippen LogP contribution is 2.22. The minimum absolute atomic E-state index is 0.0275. The van der Waals surface area contributed by atoms with Gasteiger partial charge in [0.1, 0.15) is 6.04 Å². The van der Waals surface area contributed by atoms with Crippen molar-refractivity contribution in [1.82, 2.24) is 4.90 Å². The molecule has 1 fully saturated rings. The van der Waals surface area contributed by atoms with Crippen LogP contribution in [0.3, 0.4) is 0 Å². The first kappa shape index (κ1) is 12.3. The van der Waals surface area contributed by atoms with Crippen LogP contribution in [0.4, 0.5) is 0 Å². The number of carboxylic acids is 1. The Labute approximate surface area is 92.6 Å². The van der Waals surface area contributed by atoms with Crippen LogP contribution >= 0.6 is 11.6 Å². The second-order valence-electron chi connectivity index (χ2n) is 3.64. The minimum atomic E-state index is -1.08. The van der Waals surface area contributed by atoms with Gasteiger partial charge in [0, 0.05) is 31.9 Å². The van der Waals surface area contributed by atoms with Crippen molar-refractivity contribution in [1.29, 1.82) is 0 Å². The number of amides is 1. The molecule has 0 radical (unpaired) electrons. The Morgan fingerprint density at radius 3 is 2.73 bits per heavy atom. The third-order valence-corrected chi connectivity index (χ3v) is 2.96. The van der Waals surface area contributed by atoms with Crippen molar-refractivity contribution in [3.8, 4) is 0 Å². The number of hydrogen-bond donors (Lipinski definition) is 2. The van der Waals surface area contributed by atoms with Gasteiger partial charge in [-0.1, -0.05) is 0 Å². The molecule has 0 aromatic heterocycles. The summed E-state index contributed by atoms with van der Waals surface area (Å²) in [5, 5.41) is 17.6. The van der Waals surface area contributed by atoms with E-state index in [0.717, 1.165) is 0 Å². The molecular weight excluding hydrogens is 222 g/mol. The maximum atomic E-state index is 11.5. The van der Waals surface area contributed by atoms with Crippen LogP contribution in [0.15, 0.2) is 0 Å². The molecule has 0 aromatic carbocycles. The van der Waals surface area contributed by atoms with Crippen LogP contribution in [0.5, 0.6) is 0 Å². The lowest BCUT2D eigenvalue weighted by Crippen LogP contribution is -2.42. The van der Waals surface area contributed by atoms with Gasteiger partial charge in [0.25, 0.3) is 0 Å². The van der Waals surface area contributed by atoms with Crippen molar-refractivity contribution in [2.24, 2.45) is 5.92 Å². The average Bonchev–Trinajstić information content (AvgIpc) is 2.55. The van der Waals surface area contributed by atoms with E-state index >= 15 is 0 Å². The Balaban J connectivity index is 2.68. The first-order chi connectivity index (χ1) is 7.10. The summed E-state index contributed by atoms with van der Waals surface area (Å²) in [5.41, 5.74) is 0. The molecule has 15 heavy (non-hydrogen) atoms. The van der Waals surface area contributed by atoms with Gasteiger partial charge in [-0.3, -0.25) is 4.79 Å². The number of aliphatic hydroxyl groups excluding tert-OH is 1. The SMILES string of the molecule is O=C(O)[C@H](CCO)N1CC(CCl)CC1=O. The molecule has 2 N–H and O–H groups in total. The van der Waals surface area contributed by atoms with Gasteiger partial charge in [-0.25, -0.2) is 4.79 Å². The molecule has 1 heterocycles. The molecular formula is C9H14ClNO4. The Bertz CT molecular complexity index is 258. The molecule has 2 atom stereocenters. The van der Waals surface area contributed by atoms with Gasteiger partial charge in [0.15, 0.2) is 0 Å². The summed E-state index contributed by atoms with van der Waals surface area (Å²) in [5.74, 6) is -0.887. The number of aliphatic carboxylic acids is 1. The van der Waals surface area contributed by atoms with E-state index in [2.05, 4.69) is 0 Å². The van der Waals surface area contributed by atoms with Gasteiger partial charge in [-0.15, -0.1) is 11.6 Å². The number of rotatable bonds is 5. The number of aliphatic hydroxyl groups is 1. The molecule has 6 heteroatoms. The number of alkyl halides is 1. The largest absolute Gasteiger partial charge is 0.480 e. The van der Waals surface area contributed by atoms with E-state index in [1.165, 1.54) is 4.90 Å². The standard InChI is InChI=1S/C9H14ClNO4/c10-4-6-3-8(13)11(5-6)7(1-2-12)9(14)15/h6-7,12H,1-5H2,(H,14,15)/t6?,7-/m0/s1. The number of carbonyl (C=O) groups is 2. The molecule has 86 valence electrons. The van der Waals surface area contributed by atoms with Crippen molar-refractivity contribution in [3.05, 3.63) is 0 Å². The number of carbonyl (C=O) groups excluding carboxylic acids is 1. The summed E-state index contributed by atoms with van der Waals surface area (Å²) < 4.78 is 0. The first-order valence-corrected chi connectivity index (χ1v) is 5.32. The number of halogens is 1. The van der Waals surface area contributed by atoms with Crippen molar-refractivity contribution in [2.45, 2.75) is 18.9 Å². The van der Waals surface area contributed by atoms with Gasteiger partial charge in [-0.05, 0) is 5.92 Å². The van der Waals surface area contributed by atoms with E-state index in [1.54, 1.807) is 0 Å². The van der Waals surface area contributed by atoms with Crippen LogP contribution in [0.1, 0.15) is 12.8 Å². The maximum absolute atomic E-state index is 11.5. The number of carboxylic acid groups (broad SMARTS) is 1. The lowest BCUT2D eigenvalue weighted by molar-refractivity contribution is -0.148. The quantitative estimate of drug-likeness (QED) is 0.653. The molecule has 0 bridgehead atoms. The Hall–Kier alpha value is -0.810. The van der Waals surface area contributed by atoms with Crippen molar-refractivity contribution >= 4 is 23.5 Å². The fourth-order valence-corrected chi connectivity index (χ4v) is 1.95. The van der Waals surface area contributed by atoms with Gasteiger partial charge in [-0.2, -0.15) is 0 Å². The molecule has 1 amide bonds. The fourth-order valence-electron chi connectivity index (χ4n) is 1.75. The smallest absolute Gasteiger partial charge is 0.326 e. The Morgan fingerprint density at radius 1 is 1.67 bits per heavy atom. The van der Waals surface area contributed by atoms with Gasteiger partial charge >= 0.3 is 5.97 Å². The third-order valence-electron chi connectivity index (χ3n) is 2.52. The highest BCUT2D eigenvalue weighted by Gasteiger charge is 2.36. The zero-order valence-electron chi connectivity index (χ0n) is 8.23. The highest BCUT2D eigenvalue weighted by atomic mass is 35.5. The topological polar surface area (TPSA) is 77.8 Å². The van der Waals surface area contributed by atoms with Gasteiger partial charge in [0.05, 0.1) is 0 Å². The predicted molar refractivity (Wildman–Crippen MR) is 53.7 cm³/mol. The molecule has 0 aliphatic carbocycles. The molecule has 1 unspecified atom stereocenters. The number of nitrogens with zero attached hydrogens (tertiary/aromatic N) is 1. The summed E-state index contributed by atoms with van der Waals surface area (Å²) in [6, 6.07) is -0.921. The van der Waals surface area contributed by atoms with Crippen molar-refractivity contribution in [3.63, 3.8) is 0 Å². The van der Waals surface area contributed by atoms with E-state index in [4.69, 9.17) is 21.8 Å². The maximum Gasteiger partial charge on any atom is 0.326 e. The van der Waals surface area contributed by atoms with Crippen LogP contribution in [0.2, 0.25) is 0 Å². The minimum Gasteiger partial charge on any atom is -0.480 e. The monoisotopic (exact) mass is 235 g/mol. The van der Waals surface area contributed by atoms with E-state index < -0.39 is 12.0 Å². The third kappa shape index (κ3) is 2.82. The summed E-state index contributed by atoms with van der Waals surface area (Å²) in [4.78, 5) is 23.7. The molecule has 0 saturated carbocycles. The Kier molecular flexibility index (Phi) is 4.35. The molecule has 5 nitrogen and oxygen atoms in total. The van der Waals surface area contributed by atoms with Crippen LogP contribution < -0.4 is 0 Å². The number of hydrogen-bond acceptors (Lipinski definition) is 3. The van der Waals surface area contributed by atoms with Crippen LogP contribution in [-0.4, -0.2) is 52.1 Å². The van der Waals surface area contributed by atoms with Gasteiger partial charge in [0.2, 0.25) is 5.91 Å². The highest BCUT2D eigenvalue weighted by molar-refractivity contribution is 6.18. The van der Waals surface area contributed by atoms with Crippen molar-refractivity contribution in [2.75, 3.05) is 19.0 Å². The second-order valence-corrected chi connectivity index (χ2v) is 3.95. The Morgan fingerprint density at radius 2 is 2.33 bits per heavy atom. The molecule has 1 aliphatic rings. The van der Waals surface area contributed by atoms with E-state index in [9.17, 15) is 9.59 Å². The molecule has 0 aromatic rings. The van der Waals surface area contributed by atoms with Gasteiger partial charge < -0.3 is 15.1 Å². The normalized spacial score (nSPS) is 23.2.